The zero-order chi connectivity index (χ0) is 14.0. The number of carbonyl (C=O) groups excluding carboxylic acids is 2. The van der Waals surface area contributed by atoms with Crippen LogP contribution in [0, 0.1) is 5.92 Å². The number of likely N-dealkylation sites (tertiary alicyclic amines) is 1. The van der Waals surface area contributed by atoms with Gasteiger partial charge in [-0.1, -0.05) is 0 Å². The minimum atomic E-state index is -0.343. The number of piperidine rings is 1. The van der Waals surface area contributed by atoms with Crippen molar-refractivity contribution < 1.29 is 9.59 Å². The van der Waals surface area contributed by atoms with Gasteiger partial charge in [-0.15, -0.1) is 0 Å². The molecule has 2 N–H and O–H groups in total. The molecule has 0 saturated carbocycles. The van der Waals surface area contributed by atoms with Crippen LogP contribution in [0.5, 0.6) is 0 Å². The van der Waals surface area contributed by atoms with Gasteiger partial charge in [0.1, 0.15) is 5.69 Å². The van der Waals surface area contributed by atoms with Crippen LogP contribution in [0.15, 0.2) is 22.8 Å². The summed E-state index contributed by atoms with van der Waals surface area (Å²) < 4.78 is 0.661. The number of halogens is 1. The maximum absolute atomic E-state index is 12.5. The molecule has 0 radical (unpaired) electrons. The summed E-state index contributed by atoms with van der Waals surface area (Å²) in [5.74, 6) is -0.765. The molecule has 1 aliphatic heterocycles. The van der Waals surface area contributed by atoms with E-state index in [2.05, 4.69) is 20.9 Å². The lowest BCUT2D eigenvalue weighted by Crippen LogP contribution is -2.48. The van der Waals surface area contributed by atoms with Crippen LogP contribution in [-0.4, -0.2) is 34.3 Å². The highest BCUT2D eigenvalue weighted by Crippen LogP contribution is 2.25. The third kappa shape index (κ3) is 2.94. The predicted octanol–water partition coefficient (Wildman–Crippen LogP) is 1.57. The Kier molecular flexibility index (Phi) is 4.19. The number of primary amides is 1. The maximum atomic E-state index is 12.5. The van der Waals surface area contributed by atoms with Crippen molar-refractivity contribution in [1.82, 2.24) is 9.88 Å². The molecule has 2 unspecified atom stereocenters. The number of pyridine rings is 1. The van der Waals surface area contributed by atoms with Crippen molar-refractivity contribution in [1.29, 1.82) is 0 Å². The smallest absolute Gasteiger partial charge is 0.273 e. The molecule has 19 heavy (non-hydrogen) atoms. The van der Waals surface area contributed by atoms with Crippen LogP contribution in [0.2, 0.25) is 0 Å². The van der Waals surface area contributed by atoms with Gasteiger partial charge in [0.25, 0.3) is 5.91 Å². The summed E-state index contributed by atoms with van der Waals surface area (Å²) in [5.41, 5.74) is 5.72. The first-order chi connectivity index (χ1) is 9.00. The van der Waals surface area contributed by atoms with Gasteiger partial charge in [0.05, 0.1) is 5.92 Å². The van der Waals surface area contributed by atoms with Gasteiger partial charge in [0.15, 0.2) is 0 Å². The lowest BCUT2D eigenvalue weighted by atomic mass is 9.92. The van der Waals surface area contributed by atoms with E-state index < -0.39 is 0 Å². The van der Waals surface area contributed by atoms with Crippen LogP contribution in [0.25, 0.3) is 0 Å². The van der Waals surface area contributed by atoms with Gasteiger partial charge in [-0.25, -0.2) is 4.98 Å². The SMILES string of the molecule is CC1CCC(C(N)=O)CN1C(=O)c1ncccc1Br. The predicted molar refractivity (Wildman–Crippen MR) is 74.4 cm³/mol. The third-order valence-corrected chi connectivity index (χ3v) is 4.15. The molecular weight excluding hydrogens is 310 g/mol. The fourth-order valence-electron chi connectivity index (χ4n) is 2.30. The van der Waals surface area contributed by atoms with E-state index >= 15 is 0 Å². The standard InChI is InChI=1S/C13H16BrN3O2/c1-8-4-5-9(12(15)18)7-17(8)13(19)11-10(14)3-2-6-16-11/h2-3,6,8-9H,4-5,7H2,1H3,(H2,15,18). The van der Waals surface area contributed by atoms with Crippen LogP contribution in [0.1, 0.15) is 30.3 Å². The molecule has 1 aromatic rings. The van der Waals surface area contributed by atoms with Crippen LogP contribution in [0.4, 0.5) is 0 Å². The Balaban J connectivity index is 2.22. The first-order valence-electron chi connectivity index (χ1n) is 6.21. The Morgan fingerprint density at radius 3 is 2.84 bits per heavy atom. The summed E-state index contributed by atoms with van der Waals surface area (Å²) in [5, 5.41) is 0. The van der Waals surface area contributed by atoms with Crippen LogP contribution >= 0.6 is 15.9 Å². The quantitative estimate of drug-likeness (QED) is 0.896. The van der Waals surface area contributed by atoms with Gasteiger partial charge in [-0.2, -0.15) is 0 Å². The molecule has 0 bridgehead atoms. The van der Waals surface area contributed by atoms with E-state index in [0.29, 0.717) is 16.7 Å². The van der Waals surface area contributed by atoms with Gasteiger partial charge >= 0.3 is 0 Å². The highest BCUT2D eigenvalue weighted by molar-refractivity contribution is 9.10. The van der Waals surface area contributed by atoms with Crippen LogP contribution in [0.3, 0.4) is 0 Å². The number of nitrogens with zero attached hydrogens (tertiary/aromatic N) is 2. The molecule has 0 spiro atoms. The van der Waals surface area contributed by atoms with Crippen molar-refractivity contribution in [2.45, 2.75) is 25.8 Å². The fraction of sp³-hybridized carbons (Fsp3) is 0.462. The average molecular weight is 326 g/mol. The van der Waals surface area contributed by atoms with Crippen molar-refractivity contribution in [2.75, 3.05) is 6.54 Å². The second kappa shape index (κ2) is 5.69. The van der Waals surface area contributed by atoms with Gasteiger partial charge in [0, 0.05) is 23.3 Å². The number of aromatic nitrogens is 1. The largest absolute Gasteiger partial charge is 0.369 e. The molecule has 1 saturated heterocycles. The topological polar surface area (TPSA) is 76.3 Å². The number of nitrogens with two attached hydrogens (primary N) is 1. The molecule has 0 aliphatic carbocycles. The normalized spacial score (nSPS) is 23.2. The third-order valence-electron chi connectivity index (χ3n) is 3.51. The molecule has 1 fully saturated rings. The molecule has 2 atom stereocenters. The van der Waals surface area contributed by atoms with Gasteiger partial charge < -0.3 is 10.6 Å². The zero-order valence-corrected chi connectivity index (χ0v) is 12.3. The van der Waals surface area contributed by atoms with Crippen LogP contribution < -0.4 is 5.73 Å². The Morgan fingerprint density at radius 1 is 1.47 bits per heavy atom. The zero-order valence-electron chi connectivity index (χ0n) is 10.7. The molecule has 1 aliphatic rings. The molecule has 102 valence electrons. The second-order valence-corrected chi connectivity index (χ2v) is 5.67. The summed E-state index contributed by atoms with van der Waals surface area (Å²) in [6.45, 7) is 2.35. The minimum Gasteiger partial charge on any atom is -0.369 e. The number of hydrogen-bond acceptors (Lipinski definition) is 3. The van der Waals surface area contributed by atoms with Gasteiger partial charge in [-0.3, -0.25) is 9.59 Å². The van der Waals surface area contributed by atoms with E-state index in [1.165, 1.54) is 0 Å². The Morgan fingerprint density at radius 2 is 2.21 bits per heavy atom. The number of carbonyl (C=O) groups is 2. The summed E-state index contributed by atoms with van der Waals surface area (Å²) in [4.78, 5) is 29.6. The van der Waals surface area contributed by atoms with Gasteiger partial charge in [0.2, 0.25) is 5.91 Å². The molecule has 6 heteroatoms. The summed E-state index contributed by atoms with van der Waals surface area (Å²) >= 11 is 3.33. The number of rotatable bonds is 2. The molecule has 2 amide bonds. The molecule has 2 rings (SSSR count). The van der Waals surface area contributed by atoms with E-state index in [1.54, 1.807) is 23.2 Å². The molecule has 1 aromatic heterocycles. The van der Waals surface area contributed by atoms with Crippen molar-refractivity contribution in [3.63, 3.8) is 0 Å². The van der Waals surface area contributed by atoms with Gasteiger partial charge in [-0.05, 0) is 47.8 Å². The average Bonchev–Trinajstić information content (AvgIpc) is 2.38. The van der Waals surface area contributed by atoms with Crippen molar-refractivity contribution in [2.24, 2.45) is 11.7 Å². The van der Waals surface area contributed by atoms with Crippen LogP contribution in [-0.2, 0) is 4.79 Å². The first kappa shape index (κ1) is 14.0. The number of amides is 2. The highest BCUT2D eigenvalue weighted by Gasteiger charge is 2.33. The summed E-state index contributed by atoms with van der Waals surface area (Å²) in [7, 11) is 0. The lowest BCUT2D eigenvalue weighted by Gasteiger charge is -2.36. The lowest BCUT2D eigenvalue weighted by molar-refractivity contribution is -0.123. The Hall–Kier alpha value is -1.43. The van der Waals surface area contributed by atoms with E-state index in [1.807, 2.05) is 6.92 Å². The second-order valence-electron chi connectivity index (χ2n) is 4.82. The van der Waals surface area contributed by atoms with E-state index in [4.69, 9.17) is 5.73 Å². The van der Waals surface area contributed by atoms with Crippen molar-refractivity contribution in [3.8, 4) is 0 Å². The molecular formula is C13H16BrN3O2. The van der Waals surface area contributed by atoms with E-state index in [9.17, 15) is 9.59 Å². The first-order valence-corrected chi connectivity index (χ1v) is 7.00. The summed E-state index contributed by atoms with van der Waals surface area (Å²) in [6.07, 6.45) is 3.10. The van der Waals surface area contributed by atoms with Crippen molar-refractivity contribution in [3.05, 3.63) is 28.5 Å². The fourth-order valence-corrected chi connectivity index (χ4v) is 2.73. The monoisotopic (exact) mass is 325 g/mol. The molecule has 0 aromatic carbocycles. The Bertz CT molecular complexity index is 506. The van der Waals surface area contributed by atoms with Crippen molar-refractivity contribution >= 4 is 27.7 Å². The van der Waals surface area contributed by atoms with E-state index in [0.717, 1.165) is 12.8 Å². The Labute approximate surface area is 120 Å². The highest BCUT2D eigenvalue weighted by atomic mass is 79.9. The summed E-state index contributed by atoms with van der Waals surface area (Å²) in [6, 6.07) is 3.63. The maximum Gasteiger partial charge on any atom is 0.273 e. The number of hydrogen-bond donors (Lipinski definition) is 1. The molecule has 2 heterocycles. The molecule has 5 nitrogen and oxygen atoms in total. The minimum absolute atomic E-state index is 0.0945. The van der Waals surface area contributed by atoms with E-state index in [-0.39, 0.29) is 23.8 Å².